The van der Waals surface area contributed by atoms with E-state index in [-0.39, 0.29) is 26.1 Å². The summed E-state index contributed by atoms with van der Waals surface area (Å²) in [6, 6.07) is 0. The Morgan fingerprint density at radius 3 is 1.32 bits per heavy atom. The summed E-state index contributed by atoms with van der Waals surface area (Å²) >= 11 is 0. The maximum atomic E-state index is 12.8. The molecule has 2 atom stereocenters. The Balaban J connectivity index is 4.35. The number of quaternary nitrogens is 1. The number of esters is 2. The first-order chi connectivity index (χ1) is 32.0. The highest BCUT2D eigenvalue weighted by atomic mass is 31.2. The molecule has 1 N–H and O–H groups in total. The molecule has 0 amide bonds. The first-order valence-corrected chi connectivity index (χ1v) is 28.2. The second-order valence-corrected chi connectivity index (χ2v) is 20.4. The number of phosphoric acid groups is 1. The van der Waals surface area contributed by atoms with E-state index in [9.17, 15) is 19.0 Å². The summed E-state index contributed by atoms with van der Waals surface area (Å²) in [4.78, 5) is 35.5. The second kappa shape index (κ2) is 47.5. The van der Waals surface area contributed by atoms with Gasteiger partial charge in [0, 0.05) is 12.8 Å². The van der Waals surface area contributed by atoms with E-state index in [2.05, 4.69) is 74.6 Å². The van der Waals surface area contributed by atoms with E-state index in [1.165, 1.54) is 141 Å². The lowest BCUT2D eigenvalue weighted by atomic mass is 10.0. The fourth-order valence-corrected chi connectivity index (χ4v) is 7.80. The molecule has 0 aromatic rings. The third kappa shape index (κ3) is 50.9. The topological polar surface area (TPSA) is 108 Å². The molecule has 0 aliphatic rings. The van der Waals surface area contributed by atoms with Crippen molar-refractivity contribution in [2.45, 2.75) is 225 Å². The first-order valence-electron chi connectivity index (χ1n) is 26.7. The molecular weight excluding hydrogens is 846 g/mol. The molecule has 0 saturated carbocycles. The first kappa shape index (κ1) is 63.5. The number of unbranched alkanes of at least 4 members (excludes halogenated alkanes) is 22. The van der Waals surface area contributed by atoms with Gasteiger partial charge in [0.15, 0.2) is 6.10 Å². The highest BCUT2D eigenvalue weighted by Crippen LogP contribution is 2.43. The van der Waals surface area contributed by atoms with Crippen molar-refractivity contribution < 1.29 is 42.1 Å². The molecule has 0 aromatic heterocycles. The van der Waals surface area contributed by atoms with E-state index in [0.29, 0.717) is 23.9 Å². The van der Waals surface area contributed by atoms with Gasteiger partial charge >= 0.3 is 19.8 Å². The molecule has 0 saturated heterocycles. The minimum Gasteiger partial charge on any atom is -0.462 e. The van der Waals surface area contributed by atoms with Crippen molar-refractivity contribution in [2.75, 3.05) is 47.5 Å². The molecule has 0 bridgehead atoms. The average molecular weight is 947 g/mol. The molecule has 10 heteroatoms. The van der Waals surface area contributed by atoms with Gasteiger partial charge in [-0.05, 0) is 70.6 Å². The number of hydrogen-bond donors (Lipinski definition) is 1. The van der Waals surface area contributed by atoms with Crippen LogP contribution in [0.4, 0.5) is 0 Å². The van der Waals surface area contributed by atoms with Crippen LogP contribution < -0.4 is 0 Å². The second-order valence-electron chi connectivity index (χ2n) is 18.9. The monoisotopic (exact) mass is 947 g/mol. The van der Waals surface area contributed by atoms with Crippen LogP contribution in [0, 0.1) is 0 Å². The Morgan fingerprint density at radius 1 is 0.470 bits per heavy atom. The Bertz CT molecular complexity index is 1350. The molecule has 0 radical (unpaired) electrons. The molecule has 382 valence electrons. The van der Waals surface area contributed by atoms with Crippen molar-refractivity contribution in [3.63, 3.8) is 0 Å². The predicted molar refractivity (Wildman–Crippen MR) is 279 cm³/mol. The maximum absolute atomic E-state index is 12.8. The molecule has 0 aliphatic carbocycles. The SMILES string of the molecule is CCCCC/C=C/C/C=C/C/C=C/C/C=C/C/C=C/CCC(=O)OC[C@H](COP(=O)(O)OCC[N+](C)(C)C)OC(=O)CCC/C=C/CCCCCCCCCCCCCCCCCCCC. The van der Waals surface area contributed by atoms with E-state index < -0.39 is 32.5 Å². The number of allylic oxidation sites excluding steroid dienone is 12. The van der Waals surface area contributed by atoms with Crippen LogP contribution in [0.2, 0.25) is 0 Å². The Hall–Kier alpha value is -2.55. The summed E-state index contributed by atoms with van der Waals surface area (Å²) in [6.45, 7) is 4.30. The number of carbonyl (C=O) groups is 2. The van der Waals surface area contributed by atoms with Crippen molar-refractivity contribution in [3.05, 3.63) is 72.9 Å². The van der Waals surface area contributed by atoms with E-state index >= 15 is 0 Å². The average Bonchev–Trinajstić information content (AvgIpc) is 3.27. The van der Waals surface area contributed by atoms with E-state index in [4.69, 9.17) is 18.5 Å². The Labute approximate surface area is 406 Å². The molecule has 0 rings (SSSR count). The number of hydrogen-bond acceptors (Lipinski definition) is 7. The van der Waals surface area contributed by atoms with E-state index in [1.807, 2.05) is 33.3 Å². The smallest absolute Gasteiger partial charge is 0.462 e. The summed E-state index contributed by atoms with van der Waals surface area (Å²) in [5, 5.41) is 0. The molecule has 66 heavy (non-hydrogen) atoms. The zero-order chi connectivity index (χ0) is 48.5. The van der Waals surface area contributed by atoms with Gasteiger partial charge < -0.3 is 18.9 Å². The van der Waals surface area contributed by atoms with E-state index in [1.54, 1.807) is 0 Å². The van der Waals surface area contributed by atoms with Crippen LogP contribution >= 0.6 is 7.82 Å². The summed E-state index contributed by atoms with van der Waals surface area (Å²) in [5.74, 6) is -0.931. The van der Waals surface area contributed by atoms with Gasteiger partial charge in [-0.15, -0.1) is 0 Å². The van der Waals surface area contributed by atoms with Crippen LogP contribution in [-0.2, 0) is 32.7 Å². The van der Waals surface area contributed by atoms with Gasteiger partial charge in [0.25, 0.3) is 0 Å². The fraction of sp³-hybridized carbons (Fsp3) is 0.750. The van der Waals surface area contributed by atoms with Crippen molar-refractivity contribution >= 4 is 19.8 Å². The molecule has 0 aliphatic heterocycles. The van der Waals surface area contributed by atoms with Crippen LogP contribution in [0.25, 0.3) is 0 Å². The van der Waals surface area contributed by atoms with Crippen molar-refractivity contribution in [2.24, 2.45) is 0 Å². The summed E-state index contributed by atoms with van der Waals surface area (Å²) in [7, 11) is 1.42. The fourth-order valence-electron chi connectivity index (χ4n) is 7.06. The van der Waals surface area contributed by atoms with Crippen LogP contribution in [-0.4, -0.2) is 74.9 Å². The molecule has 0 spiro atoms. The largest absolute Gasteiger partial charge is 0.472 e. The lowest BCUT2D eigenvalue weighted by molar-refractivity contribution is -0.870. The van der Waals surface area contributed by atoms with Gasteiger partial charge in [-0.3, -0.25) is 18.6 Å². The van der Waals surface area contributed by atoms with Crippen molar-refractivity contribution in [1.82, 2.24) is 0 Å². The van der Waals surface area contributed by atoms with Gasteiger partial charge in [-0.1, -0.05) is 209 Å². The van der Waals surface area contributed by atoms with Crippen molar-refractivity contribution in [3.8, 4) is 0 Å². The number of ether oxygens (including phenoxy) is 2. The Morgan fingerprint density at radius 2 is 0.848 bits per heavy atom. The number of phosphoric ester groups is 1. The number of carbonyl (C=O) groups excluding carboxylic acids is 2. The number of rotatable bonds is 48. The third-order valence-corrected chi connectivity index (χ3v) is 12.2. The molecule has 0 fully saturated rings. The quantitative estimate of drug-likeness (QED) is 0.0211. The minimum absolute atomic E-state index is 0.0136. The lowest BCUT2D eigenvalue weighted by Gasteiger charge is -2.24. The van der Waals surface area contributed by atoms with Gasteiger partial charge in [0.05, 0.1) is 27.7 Å². The lowest BCUT2D eigenvalue weighted by Crippen LogP contribution is -2.37. The van der Waals surface area contributed by atoms with Gasteiger partial charge in [-0.2, -0.15) is 0 Å². The summed E-state index contributed by atoms with van der Waals surface area (Å²) < 4.78 is 34.3. The molecule has 0 heterocycles. The van der Waals surface area contributed by atoms with Gasteiger partial charge in [0.2, 0.25) is 0 Å². The van der Waals surface area contributed by atoms with Crippen LogP contribution in [0.1, 0.15) is 219 Å². The zero-order valence-corrected chi connectivity index (χ0v) is 44.1. The number of likely N-dealkylation sites (N-methyl/N-ethyl adjacent to an activating group) is 1. The van der Waals surface area contributed by atoms with Crippen molar-refractivity contribution in [1.29, 1.82) is 0 Å². The van der Waals surface area contributed by atoms with Crippen LogP contribution in [0.15, 0.2) is 72.9 Å². The normalized spacial score (nSPS) is 14.0. The predicted octanol–water partition coefficient (Wildman–Crippen LogP) is 16.1. The number of nitrogens with zero attached hydrogens (tertiary/aromatic N) is 1. The summed E-state index contributed by atoms with van der Waals surface area (Å²) in [5.41, 5.74) is 0. The van der Waals surface area contributed by atoms with Crippen LogP contribution in [0.5, 0.6) is 0 Å². The van der Waals surface area contributed by atoms with Crippen LogP contribution in [0.3, 0.4) is 0 Å². The maximum Gasteiger partial charge on any atom is 0.472 e. The van der Waals surface area contributed by atoms with Gasteiger partial charge in [-0.25, -0.2) is 4.57 Å². The molecular formula is C56H101NO8P+. The highest BCUT2D eigenvalue weighted by Gasteiger charge is 2.27. The minimum atomic E-state index is -4.41. The standard InChI is InChI=1S/C56H100NO8P/c1-6-8-10-12-14-16-18-20-22-24-26-27-28-29-31-33-35-37-39-41-43-45-47-49-56(59)65-54(53-64-66(60,61)63-51-50-57(3,4)5)52-62-55(58)48-46-44-42-40-38-36-34-32-30-25-23-21-19-17-15-13-11-9-7-2/h15,17,21,23,30,32,36,38,41-44,54H,6-14,16,18-20,22,24-29,31,33-35,37,39-40,45-53H2,1-5H3/p+1/b17-15+,23-21+,32-30+,38-36+,43-41+,44-42+/t54-/m1/s1. The third-order valence-electron chi connectivity index (χ3n) is 11.2. The summed E-state index contributed by atoms with van der Waals surface area (Å²) in [6.07, 6.45) is 61.3. The van der Waals surface area contributed by atoms with E-state index in [0.717, 1.165) is 38.5 Å². The molecule has 0 aromatic carbocycles. The Kier molecular flexibility index (Phi) is 45.7. The van der Waals surface area contributed by atoms with Gasteiger partial charge in [0.1, 0.15) is 19.8 Å². The molecule has 1 unspecified atom stereocenters. The zero-order valence-electron chi connectivity index (χ0n) is 43.2. The highest BCUT2D eigenvalue weighted by molar-refractivity contribution is 7.47. The molecule has 9 nitrogen and oxygen atoms in total.